The van der Waals surface area contributed by atoms with Crippen molar-refractivity contribution < 1.29 is 9.72 Å². The molecule has 1 amide bonds. The number of nitro groups is 1. The first-order chi connectivity index (χ1) is 14.0. The first-order valence-electron chi connectivity index (χ1n) is 8.66. The van der Waals surface area contributed by atoms with E-state index in [4.69, 9.17) is 0 Å². The predicted molar refractivity (Wildman–Crippen MR) is 110 cm³/mol. The van der Waals surface area contributed by atoms with Crippen LogP contribution >= 0.6 is 11.3 Å². The van der Waals surface area contributed by atoms with E-state index < -0.39 is 10.8 Å². The summed E-state index contributed by atoms with van der Waals surface area (Å²) < 4.78 is 1.42. The molecule has 8 nitrogen and oxygen atoms in total. The average Bonchev–Trinajstić information content (AvgIpc) is 3.36. The molecule has 0 saturated heterocycles. The van der Waals surface area contributed by atoms with Crippen LogP contribution in [0.3, 0.4) is 0 Å². The minimum absolute atomic E-state index is 0.0456. The Morgan fingerprint density at radius 3 is 2.69 bits per heavy atom. The maximum atomic E-state index is 12.6. The highest BCUT2D eigenvalue weighted by atomic mass is 32.1. The van der Waals surface area contributed by atoms with Crippen molar-refractivity contribution in [1.29, 1.82) is 0 Å². The van der Waals surface area contributed by atoms with Gasteiger partial charge in [-0.05, 0) is 24.6 Å². The van der Waals surface area contributed by atoms with Gasteiger partial charge in [0.2, 0.25) is 0 Å². The molecule has 0 spiro atoms. The first kappa shape index (κ1) is 18.5. The number of amides is 1. The Labute approximate surface area is 169 Å². The molecular weight excluding hydrogens is 390 g/mol. The number of non-ortho nitro benzene ring substituents is 1. The molecular formula is C20H15N5O3S. The predicted octanol–water partition coefficient (Wildman–Crippen LogP) is 4.46. The van der Waals surface area contributed by atoms with E-state index in [0.717, 1.165) is 16.1 Å². The largest absolute Gasteiger partial charge is 0.296 e. The highest BCUT2D eigenvalue weighted by Crippen LogP contribution is 2.32. The van der Waals surface area contributed by atoms with Crippen LogP contribution in [0.25, 0.3) is 16.1 Å². The van der Waals surface area contributed by atoms with Gasteiger partial charge >= 0.3 is 0 Å². The van der Waals surface area contributed by atoms with Gasteiger partial charge in [0.15, 0.2) is 10.8 Å². The molecule has 2 heterocycles. The summed E-state index contributed by atoms with van der Waals surface area (Å²) in [5.74, 6) is -0.400. The molecule has 4 aromatic rings. The number of thiazole rings is 1. The Balaban J connectivity index is 1.53. The number of carbonyl (C=O) groups is 1. The van der Waals surface area contributed by atoms with Crippen molar-refractivity contribution >= 4 is 28.1 Å². The fourth-order valence-corrected chi connectivity index (χ4v) is 3.77. The summed E-state index contributed by atoms with van der Waals surface area (Å²) in [6.07, 6.45) is 1.58. The molecule has 144 valence electrons. The highest BCUT2D eigenvalue weighted by molar-refractivity contribution is 7.19. The Morgan fingerprint density at radius 1 is 1.14 bits per heavy atom. The van der Waals surface area contributed by atoms with Gasteiger partial charge in [0, 0.05) is 18.3 Å². The third kappa shape index (κ3) is 3.90. The standard InChI is InChI=1S/C20H15N5O3S/c1-13-18(14-6-3-2-4-7-14)29-20(21-13)22-19(26)17-10-11-24(23-17)15-8-5-9-16(12-15)25(27)28/h2-12H,1H3,(H,21,22,26). The van der Waals surface area contributed by atoms with Gasteiger partial charge in [-0.1, -0.05) is 47.7 Å². The van der Waals surface area contributed by atoms with Gasteiger partial charge in [-0.15, -0.1) is 0 Å². The van der Waals surface area contributed by atoms with E-state index in [-0.39, 0.29) is 11.4 Å². The number of aromatic nitrogens is 3. The van der Waals surface area contributed by atoms with E-state index in [1.54, 1.807) is 24.4 Å². The monoisotopic (exact) mass is 405 g/mol. The first-order valence-corrected chi connectivity index (χ1v) is 9.47. The maximum Gasteiger partial charge on any atom is 0.277 e. The third-order valence-corrected chi connectivity index (χ3v) is 5.30. The van der Waals surface area contributed by atoms with E-state index >= 15 is 0 Å². The second-order valence-corrected chi connectivity index (χ2v) is 7.18. The van der Waals surface area contributed by atoms with Gasteiger partial charge in [-0.3, -0.25) is 20.2 Å². The molecule has 0 atom stereocenters. The van der Waals surface area contributed by atoms with Crippen molar-refractivity contribution in [3.63, 3.8) is 0 Å². The van der Waals surface area contributed by atoms with Crippen LogP contribution in [0.1, 0.15) is 16.2 Å². The molecule has 0 aliphatic carbocycles. The zero-order valence-corrected chi connectivity index (χ0v) is 16.1. The van der Waals surface area contributed by atoms with Gasteiger partial charge in [0.1, 0.15) is 0 Å². The smallest absolute Gasteiger partial charge is 0.277 e. The molecule has 0 bridgehead atoms. The molecule has 0 aliphatic heterocycles. The van der Waals surface area contributed by atoms with E-state index in [9.17, 15) is 14.9 Å². The van der Waals surface area contributed by atoms with Gasteiger partial charge in [0.05, 0.1) is 21.2 Å². The number of anilines is 1. The van der Waals surface area contributed by atoms with Gasteiger partial charge in [0.25, 0.3) is 11.6 Å². The summed E-state index contributed by atoms with van der Waals surface area (Å²) in [5, 5.41) is 18.4. The third-order valence-electron chi connectivity index (χ3n) is 4.18. The number of nitrogens with one attached hydrogen (secondary N) is 1. The normalized spacial score (nSPS) is 10.7. The molecule has 0 aliphatic rings. The molecule has 0 radical (unpaired) electrons. The quantitative estimate of drug-likeness (QED) is 0.390. The van der Waals surface area contributed by atoms with Crippen molar-refractivity contribution in [2.45, 2.75) is 6.92 Å². The molecule has 0 unspecified atom stereocenters. The Bertz CT molecular complexity index is 1200. The summed E-state index contributed by atoms with van der Waals surface area (Å²) in [5.41, 5.74) is 2.51. The number of hydrogen-bond donors (Lipinski definition) is 1. The van der Waals surface area contributed by atoms with Crippen LogP contribution in [0.2, 0.25) is 0 Å². The van der Waals surface area contributed by atoms with E-state index in [1.165, 1.54) is 28.2 Å². The molecule has 2 aromatic heterocycles. The number of rotatable bonds is 5. The lowest BCUT2D eigenvalue weighted by Crippen LogP contribution is -2.13. The summed E-state index contributed by atoms with van der Waals surface area (Å²) in [6, 6.07) is 17.4. The molecule has 2 aromatic carbocycles. The van der Waals surface area contributed by atoms with Crippen molar-refractivity contribution in [1.82, 2.24) is 14.8 Å². The van der Waals surface area contributed by atoms with Gasteiger partial charge < -0.3 is 0 Å². The summed E-state index contributed by atoms with van der Waals surface area (Å²) in [7, 11) is 0. The SMILES string of the molecule is Cc1nc(NC(=O)c2ccn(-c3cccc([N+](=O)[O-])c3)n2)sc1-c1ccccc1. The molecule has 0 saturated carbocycles. The molecule has 1 N–H and O–H groups in total. The number of carbonyl (C=O) groups excluding carboxylic acids is 1. The van der Waals surface area contributed by atoms with Gasteiger partial charge in [-0.25, -0.2) is 9.67 Å². The fourth-order valence-electron chi connectivity index (χ4n) is 2.81. The van der Waals surface area contributed by atoms with Crippen molar-refractivity contribution in [3.8, 4) is 16.1 Å². The van der Waals surface area contributed by atoms with E-state index in [0.29, 0.717) is 10.8 Å². The molecule has 29 heavy (non-hydrogen) atoms. The minimum atomic E-state index is -0.476. The lowest BCUT2D eigenvalue weighted by Gasteiger charge is -2.01. The van der Waals surface area contributed by atoms with Crippen LogP contribution in [0.4, 0.5) is 10.8 Å². The van der Waals surface area contributed by atoms with Gasteiger partial charge in [-0.2, -0.15) is 5.10 Å². The lowest BCUT2D eigenvalue weighted by molar-refractivity contribution is -0.384. The van der Waals surface area contributed by atoms with E-state index in [1.807, 2.05) is 37.3 Å². The number of nitrogens with zero attached hydrogens (tertiary/aromatic N) is 4. The second kappa shape index (κ2) is 7.64. The number of benzene rings is 2. The Hall–Kier alpha value is -3.85. The van der Waals surface area contributed by atoms with Crippen LogP contribution < -0.4 is 5.32 Å². The Morgan fingerprint density at radius 2 is 1.93 bits per heavy atom. The number of nitro benzene ring substituents is 1. The van der Waals surface area contributed by atoms with Crippen LogP contribution in [0, 0.1) is 17.0 Å². The van der Waals surface area contributed by atoms with E-state index in [2.05, 4.69) is 15.4 Å². The zero-order chi connectivity index (χ0) is 20.4. The number of aryl methyl sites for hydroxylation is 1. The van der Waals surface area contributed by atoms with Crippen LogP contribution in [0.5, 0.6) is 0 Å². The second-order valence-electron chi connectivity index (χ2n) is 6.18. The molecule has 4 rings (SSSR count). The summed E-state index contributed by atoms with van der Waals surface area (Å²) in [4.78, 5) is 28.4. The minimum Gasteiger partial charge on any atom is -0.296 e. The van der Waals surface area contributed by atoms with Crippen LogP contribution in [0.15, 0.2) is 66.9 Å². The Kier molecular flexibility index (Phi) is 4.88. The topological polar surface area (TPSA) is 103 Å². The van der Waals surface area contributed by atoms with Crippen molar-refractivity contribution in [2.75, 3.05) is 5.32 Å². The lowest BCUT2D eigenvalue weighted by atomic mass is 10.2. The maximum absolute atomic E-state index is 12.6. The summed E-state index contributed by atoms with van der Waals surface area (Å²) in [6.45, 7) is 1.89. The zero-order valence-electron chi connectivity index (χ0n) is 15.3. The van der Waals surface area contributed by atoms with Crippen LogP contribution in [-0.2, 0) is 0 Å². The molecule has 9 heteroatoms. The van der Waals surface area contributed by atoms with Crippen molar-refractivity contribution in [3.05, 3.63) is 88.4 Å². The van der Waals surface area contributed by atoms with Crippen LogP contribution in [-0.4, -0.2) is 25.6 Å². The fraction of sp³-hybridized carbons (Fsp3) is 0.0500. The van der Waals surface area contributed by atoms with Crippen molar-refractivity contribution in [2.24, 2.45) is 0 Å². The summed E-state index contributed by atoms with van der Waals surface area (Å²) >= 11 is 1.39. The average molecular weight is 405 g/mol. The highest BCUT2D eigenvalue weighted by Gasteiger charge is 2.16. The molecule has 0 fully saturated rings. The number of hydrogen-bond acceptors (Lipinski definition) is 6.